The summed E-state index contributed by atoms with van der Waals surface area (Å²) in [5.74, 6) is 0.380. The minimum Gasteiger partial charge on any atom is -0.494 e. The zero-order valence-electron chi connectivity index (χ0n) is 14.1. The van der Waals surface area contributed by atoms with E-state index in [1.54, 1.807) is 6.07 Å². The molecule has 1 aromatic carbocycles. The zero-order chi connectivity index (χ0) is 17.7. The largest absolute Gasteiger partial charge is 0.494 e. The molecule has 0 radical (unpaired) electrons. The van der Waals surface area contributed by atoms with Gasteiger partial charge < -0.3 is 4.74 Å². The molecule has 0 unspecified atom stereocenters. The molecule has 0 atom stereocenters. The second-order valence-corrected chi connectivity index (χ2v) is 7.61. The van der Waals surface area contributed by atoms with Crippen LogP contribution in [0.1, 0.15) is 32.1 Å². The molecule has 1 aliphatic rings. The maximum absolute atomic E-state index is 12.5. The van der Waals surface area contributed by atoms with Crippen molar-refractivity contribution in [3.05, 3.63) is 36.2 Å². The van der Waals surface area contributed by atoms with Gasteiger partial charge in [-0.05, 0) is 54.7 Å². The molecule has 134 valence electrons. The Bertz CT molecular complexity index is 847. The van der Waals surface area contributed by atoms with E-state index in [2.05, 4.69) is 26.3 Å². The summed E-state index contributed by atoms with van der Waals surface area (Å²) in [5.41, 5.74) is 1.90. The summed E-state index contributed by atoms with van der Waals surface area (Å²) in [7, 11) is -2.12. The van der Waals surface area contributed by atoms with Gasteiger partial charge in [-0.25, -0.2) is 13.1 Å². The molecule has 0 aliphatic heterocycles. The van der Waals surface area contributed by atoms with Crippen molar-refractivity contribution in [2.45, 2.75) is 37.0 Å². The molecule has 0 amide bonds. The van der Waals surface area contributed by atoms with Crippen LogP contribution in [0.2, 0.25) is 0 Å². The summed E-state index contributed by atoms with van der Waals surface area (Å²) in [6, 6.07) is 4.61. The number of allylic oxidation sites excluding steroid dienone is 1. The predicted octanol–water partition coefficient (Wildman–Crippen LogP) is 1.84. The van der Waals surface area contributed by atoms with Gasteiger partial charge in [-0.1, -0.05) is 11.6 Å². The van der Waals surface area contributed by atoms with Crippen molar-refractivity contribution in [3.63, 3.8) is 0 Å². The minimum absolute atomic E-state index is 0.152. The highest BCUT2D eigenvalue weighted by atomic mass is 32.2. The van der Waals surface area contributed by atoms with E-state index in [1.807, 2.05) is 0 Å². The Morgan fingerprint density at radius 2 is 2.20 bits per heavy atom. The van der Waals surface area contributed by atoms with Crippen LogP contribution < -0.4 is 9.46 Å². The molecule has 9 heteroatoms. The molecule has 8 nitrogen and oxygen atoms in total. The number of ether oxygens (including phenoxy) is 1. The molecule has 0 saturated heterocycles. The molecular weight excluding hydrogens is 342 g/mol. The third-order valence-electron chi connectivity index (χ3n) is 4.18. The third-order valence-corrected chi connectivity index (χ3v) is 5.64. The predicted molar refractivity (Wildman–Crippen MR) is 92.1 cm³/mol. The van der Waals surface area contributed by atoms with E-state index in [9.17, 15) is 8.42 Å². The Balaban J connectivity index is 1.72. The van der Waals surface area contributed by atoms with E-state index >= 15 is 0 Å². The summed E-state index contributed by atoms with van der Waals surface area (Å²) < 4.78 is 34.4. The summed E-state index contributed by atoms with van der Waals surface area (Å²) in [5, 5.41) is 10.9. The van der Waals surface area contributed by atoms with Gasteiger partial charge in [0.25, 0.3) is 0 Å². The number of benzene rings is 1. The molecule has 1 N–H and O–H groups in total. The summed E-state index contributed by atoms with van der Waals surface area (Å²) >= 11 is 0. The molecule has 0 saturated carbocycles. The first-order valence-corrected chi connectivity index (χ1v) is 9.67. The molecule has 1 heterocycles. The van der Waals surface area contributed by atoms with Crippen LogP contribution in [0.15, 0.2) is 41.1 Å². The Labute approximate surface area is 146 Å². The fourth-order valence-corrected chi connectivity index (χ4v) is 3.89. The van der Waals surface area contributed by atoms with Crippen LogP contribution in [0.5, 0.6) is 5.75 Å². The second-order valence-electron chi connectivity index (χ2n) is 5.84. The summed E-state index contributed by atoms with van der Waals surface area (Å²) in [4.78, 5) is 0.152. The molecule has 0 spiro atoms. The number of hydrogen-bond acceptors (Lipinski definition) is 6. The Kier molecular flexibility index (Phi) is 5.44. The van der Waals surface area contributed by atoms with Crippen LogP contribution in [-0.2, 0) is 10.0 Å². The van der Waals surface area contributed by atoms with Gasteiger partial charge in [0, 0.05) is 12.6 Å². The van der Waals surface area contributed by atoms with Crippen molar-refractivity contribution < 1.29 is 13.2 Å². The molecule has 25 heavy (non-hydrogen) atoms. The number of nitrogens with one attached hydrogen (secondary N) is 1. The lowest BCUT2D eigenvalue weighted by Gasteiger charge is -2.14. The number of hydrogen-bond donors (Lipinski definition) is 1. The highest BCUT2D eigenvalue weighted by molar-refractivity contribution is 7.89. The van der Waals surface area contributed by atoms with Crippen molar-refractivity contribution in [3.8, 4) is 11.4 Å². The Hall–Kier alpha value is -2.26. The topological polar surface area (TPSA) is 99.0 Å². The molecule has 1 aromatic heterocycles. The van der Waals surface area contributed by atoms with E-state index < -0.39 is 10.0 Å². The molecule has 0 fully saturated rings. The van der Waals surface area contributed by atoms with Gasteiger partial charge in [-0.2, -0.15) is 4.68 Å². The molecule has 0 bridgehead atoms. The molecule has 2 aromatic rings. The van der Waals surface area contributed by atoms with Crippen LogP contribution in [0, 0.1) is 0 Å². The van der Waals surface area contributed by atoms with E-state index in [1.165, 1.54) is 48.7 Å². The maximum atomic E-state index is 12.5. The number of tetrazole rings is 1. The lowest BCUT2D eigenvalue weighted by molar-refractivity contribution is 0.410. The maximum Gasteiger partial charge on any atom is 0.240 e. The van der Waals surface area contributed by atoms with Crippen molar-refractivity contribution >= 4 is 10.0 Å². The number of rotatable bonds is 7. The van der Waals surface area contributed by atoms with Gasteiger partial charge in [-0.15, -0.1) is 5.10 Å². The van der Waals surface area contributed by atoms with Crippen LogP contribution in [0.3, 0.4) is 0 Å². The first-order valence-electron chi connectivity index (χ1n) is 8.19. The smallest absolute Gasteiger partial charge is 0.240 e. The summed E-state index contributed by atoms with van der Waals surface area (Å²) in [6.45, 7) is 0.394. The number of sulfonamides is 1. The van der Waals surface area contributed by atoms with Crippen molar-refractivity contribution in [2.24, 2.45) is 0 Å². The van der Waals surface area contributed by atoms with Gasteiger partial charge >= 0.3 is 0 Å². The van der Waals surface area contributed by atoms with Gasteiger partial charge in [-0.3, -0.25) is 0 Å². The average Bonchev–Trinajstić information content (AvgIpc) is 3.16. The van der Waals surface area contributed by atoms with Crippen LogP contribution in [0.4, 0.5) is 0 Å². The van der Waals surface area contributed by atoms with Gasteiger partial charge in [0.2, 0.25) is 10.0 Å². The van der Waals surface area contributed by atoms with Crippen molar-refractivity contribution in [1.82, 2.24) is 24.9 Å². The lowest BCUT2D eigenvalue weighted by Crippen LogP contribution is -2.25. The first-order chi connectivity index (χ1) is 12.1. The normalized spacial score (nSPS) is 15.0. The lowest BCUT2D eigenvalue weighted by atomic mass is 9.97. The van der Waals surface area contributed by atoms with Gasteiger partial charge in [0.1, 0.15) is 17.8 Å². The zero-order valence-corrected chi connectivity index (χ0v) is 14.9. The van der Waals surface area contributed by atoms with Gasteiger partial charge in [0.15, 0.2) is 0 Å². The van der Waals surface area contributed by atoms with Crippen LogP contribution in [-0.4, -0.2) is 42.3 Å². The molecular formula is C16H21N5O3S. The van der Waals surface area contributed by atoms with E-state index in [-0.39, 0.29) is 4.90 Å². The molecule has 3 rings (SSSR count). The minimum atomic E-state index is -3.60. The Morgan fingerprint density at radius 3 is 2.88 bits per heavy atom. The Morgan fingerprint density at radius 1 is 1.32 bits per heavy atom. The van der Waals surface area contributed by atoms with Crippen molar-refractivity contribution in [1.29, 1.82) is 0 Å². The van der Waals surface area contributed by atoms with Crippen molar-refractivity contribution in [2.75, 3.05) is 13.7 Å². The SMILES string of the molecule is COc1cc(S(=O)(=O)NCCC2=CCCCC2)ccc1-n1cnnn1. The number of methoxy groups -OCH3 is 1. The number of nitrogens with zero attached hydrogens (tertiary/aromatic N) is 4. The molecule has 1 aliphatic carbocycles. The van der Waals surface area contributed by atoms with E-state index in [0.717, 1.165) is 19.3 Å². The fraction of sp³-hybridized carbons (Fsp3) is 0.438. The third kappa shape index (κ3) is 4.23. The number of aromatic nitrogens is 4. The highest BCUT2D eigenvalue weighted by Crippen LogP contribution is 2.25. The van der Waals surface area contributed by atoms with E-state index in [0.29, 0.717) is 18.0 Å². The highest BCUT2D eigenvalue weighted by Gasteiger charge is 2.17. The van der Waals surface area contributed by atoms with Crippen LogP contribution in [0.25, 0.3) is 5.69 Å². The quantitative estimate of drug-likeness (QED) is 0.754. The average molecular weight is 363 g/mol. The van der Waals surface area contributed by atoms with E-state index in [4.69, 9.17) is 4.74 Å². The van der Waals surface area contributed by atoms with Gasteiger partial charge in [0.05, 0.1) is 12.0 Å². The fourth-order valence-electron chi connectivity index (χ4n) is 2.85. The standard InChI is InChI=1S/C16H21N5O3S/c1-24-16-11-14(7-8-15(16)21-12-17-19-20-21)25(22,23)18-10-9-13-5-3-2-4-6-13/h5,7-8,11-12,18H,2-4,6,9-10H2,1H3. The first kappa shape index (κ1) is 17.6. The monoisotopic (exact) mass is 363 g/mol. The summed E-state index contributed by atoms with van der Waals surface area (Å²) in [6.07, 6.45) is 8.97. The second kappa shape index (κ2) is 7.75. The van der Waals surface area contributed by atoms with Crippen LogP contribution >= 0.6 is 0 Å².